The number of anilines is 2. The zero-order valence-electron chi connectivity index (χ0n) is 19.6. The van der Waals surface area contributed by atoms with E-state index in [1.807, 2.05) is 32.0 Å². The average Bonchev–Trinajstić information content (AvgIpc) is 2.97. The molecule has 0 unspecified atom stereocenters. The first-order valence-electron chi connectivity index (χ1n) is 11.4. The molecule has 2 amide bonds. The second kappa shape index (κ2) is 8.57. The second-order valence-electron chi connectivity index (χ2n) is 9.51. The third kappa shape index (κ3) is 4.29. The van der Waals surface area contributed by atoms with E-state index in [0.29, 0.717) is 30.0 Å². The molecular weight excluding hydrogens is 438 g/mol. The van der Waals surface area contributed by atoms with E-state index in [2.05, 4.69) is 5.32 Å². The number of sulfonamides is 1. The number of amides is 2. The number of carbonyl (C=O) groups excluding carboxylic acids is 2. The van der Waals surface area contributed by atoms with Crippen LogP contribution in [0.4, 0.5) is 11.4 Å². The summed E-state index contributed by atoms with van der Waals surface area (Å²) in [5, 5.41) is 2.86. The van der Waals surface area contributed by atoms with Crippen molar-refractivity contribution in [2.75, 3.05) is 29.9 Å². The number of carbonyl (C=O) groups is 2. The zero-order chi connectivity index (χ0) is 24.0. The quantitative estimate of drug-likeness (QED) is 0.723. The van der Waals surface area contributed by atoms with Crippen LogP contribution in [0.3, 0.4) is 0 Å². The number of hydrogen-bond acceptors (Lipinski definition) is 4. The summed E-state index contributed by atoms with van der Waals surface area (Å²) in [6, 6.07) is 10.5. The van der Waals surface area contributed by atoms with Crippen LogP contribution in [0.15, 0.2) is 41.3 Å². The molecule has 176 valence electrons. The number of nitrogens with zero attached hydrogens (tertiary/aromatic N) is 2. The summed E-state index contributed by atoms with van der Waals surface area (Å²) in [4.78, 5) is 27.6. The van der Waals surface area contributed by atoms with Gasteiger partial charge in [-0.3, -0.25) is 9.59 Å². The van der Waals surface area contributed by atoms with Crippen LogP contribution >= 0.6 is 0 Å². The lowest BCUT2D eigenvalue weighted by Crippen LogP contribution is -2.40. The fourth-order valence-electron chi connectivity index (χ4n) is 4.55. The first-order chi connectivity index (χ1) is 15.5. The molecule has 2 aliphatic rings. The molecule has 0 aromatic heterocycles. The molecule has 1 saturated heterocycles. The summed E-state index contributed by atoms with van der Waals surface area (Å²) in [5.41, 5.74) is 3.16. The van der Waals surface area contributed by atoms with Gasteiger partial charge in [0.25, 0.3) is 0 Å². The third-order valence-electron chi connectivity index (χ3n) is 6.76. The molecule has 0 saturated carbocycles. The Labute approximate surface area is 195 Å². The summed E-state index contributed by atoms with van der Waals surface area (Å²) in [5.74, 6) is -0.527. The topological polar surface area (TPSA) is 86.8 Å². The van der Waals surface area contributed by atoms with Crippen molar-refractivity contribution in [3.63, 3.8) is 0 Å². The predicted molar refractivity (Wildman–Crippen MR) is 129 cm³/mol. The van der Waals surface area contributed by atoms with Crippen LogP contribution in [-0.4, -0.2) is 44.2 Å². The molecule has 7 nitrogen and oxygen atoms in total. The van der Waals surface area contributed by atoms with Crippen molar-refractivity contribution in [2.24, 2.45) is 0 Å². The standard InChI is InChI=1S/C25H31N3O4S/c1-17-8-9-19(14-18(17)2)26-23(29)16-28-22-11-10-20(15-21(22)25(3,4)24(28)30)33(31,32)27-12-6-5-7-13-27/h8-11,14-15H,5-7,12-13,16H2,1-4H3,(H,26,29). The maximum absolute atomic E-state index is 13.2. The minimum atomic E-state index is -3.62. The molecule has 0 bridgehead atoms. The van der Waals surface area contributed by atoms with Gasteiger partial charge in [0.05, 0.1) is 10.3 Å². The molecule has 1 fully saturated rings. The Morgan fingerprint density at radius 1 is 1.00 bits per heavy atom. The van der Waals surface area contributed by atoms with E-state index >= 15 is 0 Å². The van der Waals surface area contributed by atoms with E-state index in [-0.39, 0.29) is 23.3 Å². The second-order valence-corrected chi connectivity index (χ2v) is 11.4. The van der Waals surface area contributed by atoms with Crippen LogP contribution < -0.4 is 10.2 Å². The van der Waals surface area contributed by atoms with Gasteiger partial charge in [-0.1, -0.05) is 12.5 Å². The van der Waals surface area contributed by atoms with Gasteiger partial charge in [0.15, 0.2) is 0 Å². The van der Waals surface area contributed by atoms with Gasteiger partial charge in [0, 0.05) is 24.5 Å². The minimum Gasteiger partial charge on any atom is -0.325 e. The van der Waals surface area contributed by atoms with Gasteiger partial charge in [-0.2, -0.15) is 4.31 Å². The molecule has 2 aromatic carbocycles. The lowest BCUT2D eigenvalue weighted by atomic mass is 9.86. The van der Waals surface area contributed by atoms with Crippen LogP contribution in [0.5, 0.6) is 0 Å². The Morgan fingerprint density at radius 2 is 1.70 bits per heavy atom. The normalized spacial score (nSPS) is 18.3. The smallest absolute Gasteiger partial charge is 0.244 e. The van der Waals surface area contributed by atoms with Crippen molar-refractivity contribution >= 4 is 33.2 Å². The summed E-state index contributed by atoms with van der Waals surface area (Å²) < 4.78 is 27.8. The van der Waals surface area contributed by atoms with Crippen molar-refractivity contribution in [2.45, 2.75) is 57.3 Å². The maximum atomic E-state index is 13.2. The molecule has 1 N–H and O–H groups in total. The Balaban J connectivity index is 1.59. The van der Waals surface area contributed by atoms with Crippen LogP contribution in [0, 0.1) is 13.8 Å². The van der Waals surface area contributed by atoms with Gasteiger partial charge in [-0.05, 0) is 87.6 Å². The number of piperidine rings is 1. The van der Waals surface area contributed by atoms with Gasteiger partial charge in [-0.15, -0.1) is 0 Å². The van der Waals surface area contributed by atoms with E-state index in [1.54, 1.807) is 32.0 Å². The first-order valence-corrected chi connectivity index (χ1v) is 12.8. The van der Waals surface area contributed by atoms with E-state index in [9.17, 15) is 18.0 Å². The maximum Gasteiger partial charge on any atom is 0.244 e. The molecule has 8 heteroatoms. The number of rotatable bonds is 5. The number of benzene rings is 2. The highest BCUT2D eigenvalue weighted by atomic mass is 32.2. The number of hydrogen-bond donors (Lipinski definition) is 1. The Bertz CT molecular complexity index is 1210. The highest BCUT2D eigenvalue weighted by Gasteiger charge is 2.45. The molecule has 0 radical (unpaired) electrons. The van der Waals surface area contributed by atoms with Crippen molar-refractivity contribution in [1.29, 1.82) is 0 Å². The fraction of sp³-hybridized carbons (Fsp3) is 0.440. The molecule has 2 aromatic rings. The van der Waals surface area contributed by atoms with Gasteiger partial charge in [-0.25, -0.2) is 8.42 Å². The molecule has 2 heterocycles. The molecule has 0 spiro atoms. The van der Waals surface area contributed by atoms with Crippen LogP contribution in [0.1, 0.15) is 49.8 Å². The Hall–Kier alpha value is -2.71. The molecule has 33 heavy (non-hydrogen) atoms. The first kappa shape index (κ1) is 23.4. The van der Waals surface area contributed by atoms with E-state index in [4.69, 9.17) is 0 Å². The fourth-order valence-corrected chi connectivity index (χ4v) is 6.09. The average molecular weight is 470 g/mol. The number of fused-ring (bicyclic) bond motifs is 1. The largest absolute Gasteiger partial charge is 0.325 e. The monoisotopic (exact) mass is 469 g/mol. The number of nitrogens with one attached hydrogen (secondary N) is 1. The highest BCUT2D eigenvalue weighted by Crippen LogP contribution is 2.43. The van der Waals surface area contributed by atoms with Gasteiger partial charge < -0.3 is 10.2 Å². The zero-order valence-corrected chi connectivity index (χ0v) is 20.5. The van der Waals surface area contributed by atoms with Crippen LogP contribution in [-0.2, 0) is 25.0 Å². The molecule has 4 rings (SSSR count). The Kier molecular flexibility index (Phi) is 6.09. The lowest BCUT2D eigenvalue weighted by Gasteiger charge is -2.26. The minimum absolute atomic E-state index is 0.138. The Morgan fingerprint density at radius 3 is 2.36 bits per heavy atom. The van der Waals surface area contributed by atoms with Crippen molar-refractivity contribution < 1.29 is 18.0 Å². The third-order valence-corrected chi connectivity index (χ3v) is 8.65. The van der Waals surface area contributed by atoms with Gasteiger partial charge >= 0.3 is 0 Å². The van der Waals surface area contributed by atoms with E-state index in [1.165, 1.54) is 9.21 Å². The van der Waals surface area contributed by atoms with E-state index < -0.39 is 15.4 Å². The van der Waals surface area contributed by atoms with Crippen molar-refractivity contribution in [1.82, 2.24) is 4.31 Å². The van der Waals surface area contributed by atoms with Crippen molar-refractivity contribution in [3.05, 3.63) is 53.1 Å². The predicted octanol–water partition coefficient (Wildman–Crippen LogP) is 3.74. The van der Waals surface area contributed by atoms with Gasteiger partial charge in [0.2, 0.25) is 21.8 Å². The lowest BCUT2D eigenvalue weighted by molar-refractivity contribution is -0.124. The molecule has 0 atom stereocenters. The highest BCUT2D eigenvalue weighted by molar-refractivity contribution is 7.89. The number of aryl methyl sites for hydroxylation is 2. The SMILES string of the molecule is Cc1ccc(NC(=O)CN2C(=O)C(C)(C)c3cc(S(=O)(=O)N4CCCCC4)ccc32)cc1C. The van der Waals surface area contributed by atoms with E-state index in [0.717, 1.165) is 30.4 Å². The molecular formula is C25H31N3O4S. The summed E-state index contributed by atoms with van der Waals surface area (Å²) >= 11 is 0. The summed E-state index contributed by atoms with van der Waals surface area (Å²) in [6.07, 6.45) is 2.76. The molecule has 2 aliphatic heterocycles. The summed E-state index contributed by atoms with van der Waals surface area (Å²) in [7, 11) is -3.62. The van der Waals surface area contributed by atoms with Crippen molar-refractivity contribution in [3.8, 4) is 0 Å². The van der Waals surface area contributed by atoms with Crippen LogP contribution in [0.2, 0.25) is 0 Å². The van der Waals surface area contributed by atoms with Crippen LogP contribution in [0.25, 0.3) is 0 Å². The van der Waals surface area contributed by atoms with Gasteiger partial charge in [0.1, 0.15) is 6.54 Å². The molecule has 0 aliphatic carbocycles. The summed E-state index contributed by atoms with van der Waals surface area (Å²) in [6.45, 7) is 8.42.